The van der Waals surface area contributed by atoms with Crippen molar-refractivity contribution in [3.8, 4) is 0 Å². The van der Waals surface area contributed by atoms with Gasteiger partial charge < -0.3 is 4.90 Å². The Morgan fingerprint density at radius 3 is 2.43 bits per heavy atom. The molecule has 1 atom stereocenters. The minimum absolute atomic E-state index is 0.150. The fourth-order valence-electron chi connectivity index (χ4n) is 5.12. The van der Waals surface area contributed by atoms with Crippen LogP contribution in [0.25, 0.3) is 0 Å². The first-order valence-corrected chi connectivity index (χ1v) is 13.6. The van der Waals surface area contributed by atoms with Crippen LogP contribution in [-0.4, -0.2) is 54.5 Å². The van der Waals surface area contributed by atoms with Crippen molar-refractivity contribution in [1.82, 2.24) is 14.5 Å². The Morgan fingerprint density at radius 2 is 1.74 bits per heavy atom. The highest BCUT2D eigenvalue weighted by Crippen LogP contribution is 2.37. The molecule has 0 radical (unpaired) electrons. The van der Waals surface area contributed by atoms with Crippen LogP contribution in [0.15, 0.2) is 45.8 Å². The highest BCUT2D eigenvalue weighted by molar-refractivity contribution is 9.10. The van der Waals surface area contributed by atoms with Gasteiger partial charge in [0.1, 0.15) is 11.9 Å². The number of halogens is 2. The lowest BCUT2D eigenvalue weighted by Gasteiger charge is -2.32. The van der Waals surface area contributed by atoms with Crippen molar-refractivity contribution in [2.45, 2.75) is 49.1 Å². The molecule has 0 bridgehead atoms. The summed E-state index contributed by atoms with van der Waals surface area (Å²) in [4.78, 5) is 38.2. The molecule has 0 aromatic heterocycles. The number of rotatable bonds is 4. The molecule has 8 nitrogen and oxygen atoms in total. The summed E-state index contributed by atoms with van der Waals surface area (Å²) >= 11 is 3.30. The molecule has 0 aliphatic carbocycles. The monoisotopic (exact) mass is 563 g/mol. The van der Waals surface area contributed by atoms with Crippen molar-refractivity contribution in [1.29, 1.82) is 0 Å². The van der Waals surface area contributed by atoms with E-state index in [2.05, 4.69) is 21.2 Å². The molecule has 1 N–H and O–H groups in total. The summed E-state index contributed by atoms with van der Waals surface area (Å²) in [7, 11) is -3.67. The predicted octanol–water partition coefficient (Wildman–Crippen LogP) is 2.92. The number of sulfonamides is 1. The third-order valence-electron chi connectivity index (χ3n) is 6.99. The summed E-state index contributed by atoms with van der Waals surface area (Å²) in [6.45, 7) is 0.682. The number of nitrogens with one attached hydrogen (secondary N) is 1. The average Bonchev–Trinajstić information content (AvgIpc) is 3.14. The van der Waals surface area contributed by atoms with Crippen molar-refractivity contribution in [3.63, 3.8) is 0 Å². The van der Waals surface area contributed by atoms with Crippen LogP contribution < -0.4 is 5.32 Å². The van der Waals surface area contributed by atoms with E-state index in [0.29, 0.717) is 28.4 Å². The van der Waals surface area contributed by atoms with E-state index in [1.54, 1.807) is 30.3 Å². The maximum absolute atomic E-state index is 15.1. The summed E-state index contributed by atoms with van der Waals surface area (Å²) in [6.07, 6.45) is 1.29. The van der Waals surface area contributed by atoms with Crippen molar-refractivity contribution in [3.05, 3.63) is 63.4 Å². The minimum Gasteiger partial charge on any atom is -0.322 e. The smallest absolute Gasteiger partial charge is 0.255 e. The maximum Gasteiger partial charge on any atom is 0.255 e. The molecule has 0 saturated carbocycles. The average molecular weight is 564 g/mol. The number of carbonyl (C=O) groups excluding carboxylic acids is 3. The number of benzene rings is 2. The standard InChI is InChI=1S/C24H23BrFN3O5S/c25-18-3-1-2-4-21(18)35(33,34)28-9-7-14(8-10-28)16-11-15-13-29(24(32)17(15)12-19(16)26)20-5-6-22(30)27-23(20)31/h1-4,11-12,14,20H,5-10,13H2,(H,27,30,31). The van der Waals surface area contributed by atoms with Crippen LogP contribution in [0.5, 0.6) is 0 Å². The molecule has 5 rings (SSSR count). The minimum atomic E-state index is -3.67. The van der Waals surface area contributed by atoms with Crippen LogP contribution in [0.1, 0.15) is 53.1 Å². The highest BCUT2D eigenvalue weighted by Gasteiger charge is 2.40. The van der Waals surface area contributed by atoms with Gasteiger partial charge in [0, 0.05) is 36.1 Å². The molecule has 2 aromatic rings. The number of amides is 3. The third kappa shape index (κ3) is 4.30. The van der Waals surface area contributed by atoms with Crippen LogP contribution >= 0.6 is 15.9 Å². The molecule has 0 spiro atoms. The Morgan fingerprint density at radius 1 is 1.03 bits per heavy atom. The number of imide groups is 1. The molecule has 184 valence electrons. The van der Waals surface area contributed by atoms with Crippen molar-refractivity contribution in [2.24, 2.45) is 0 Å². The highest BCUT2D eigenvalue weighted by atomic mass is 79.9. The number of hydrogen-bond acceptors (Lipinski definition) is 5. The van der Waals surface area contributed by atoms with Gasteiger partial charge in [-0.3, -0.25) is 19.7 Å². The molecule has 3 aliphatic heterocycles. The summed E-state index contributed by atoms with van der Waals surface area (Å²) in [5, 5.41) is 2.26. The lowest BCUT2D eigenvalue weighted by atomic mass is 9.88. The number of fused-ring (bicyclic) bond motifs is 1. The summed E-state index contributed by atoms with van der Waals surface area (Å²) in [5.74, 6) is -1.99. The second-order valence-electron chi connectivity index (χ2n) is 9.04. The quantitative estimate of drug-likeness (QED) is 0.576. The van der Waals surface area contributed by atoms with Crippen molar-refractivity contribution in [2.75, 3.05) is 13.1 Å². The second kappa shape index (κ2) is 9.11. The molecule has 2 aromatic carbocycles. The lowest BCUT2D eigenvalue weighted by Crippen LogP contribution is -2.52. The normalized spacial score (nSPS) is 21.8. The molecule has 3 amide bonds. The lowest BCUT2D eigenvalue weighted by molar-refractivity contribution is -0.136. The van der Waals surface area contributed by atoms with Gasteiger partial charge in [0.25, 0.3) is 5.91 Å². The van der Waals surface area contributed by atoms with Crippen molar-refractivity contribution < 1.29 is 27.2 Å². The third-order valence-corrected chi connectivity index (χ3v) is 9.90. The summed E-state index contributed by atoms with van der Waals surface area (Å²) in [6, 6.07) is 8.79. The number of nitrogens with zero attached hydrogens (tertiary/aromatic N) is 2. The first-order valence-electron chi connectivity index (χ1n) is 11.4. The van der Waals surface area contributed by atoms with E-state index in [9.17, 15) is 22.8 Å². The van der Waals surface area contributed by atoms with Crippen LogP contribution in [-0.2, 0) is 26.2 Å². The van der Waals surface area contributed by atoms with E-state index in [0.717, 1.165) is 0 Å². The van der Waals surface area contributed by atoms with E-state index in [1.165, 1.54) is 15.3 Å². The van der Waals surface area contributed by atoms with E-state index >= 15 is 4.39 Å². The van der Waals surface area contributed by atoms with Gasteiger partial charge in [0.15, 0.2) is 0 Å². The molecule has 2 saturated heterocycles. The zero-order valence-electron chi connectivity index (χ0n) is 18.7. The van der Waals surface area contributed by atoms with Crippen LogP contribution in [0.3, 0.4) is 0 Å². The fraction of sp³-hybridized carbons (Fsp3) is 0.375. The Bertz CT molecular complexity index is 1340. The van der Waals surface area contributed by atoms with Crippen LogP contribution in [0.2, 0.25) is 0 Å². The van der Waals surface area contributed by atoms with Gasteiger partial charge in [-0.2, -0.15) is 4.31 Å². The summed E-state index contributed by atoms with van der Waals surface area (Å²) < 4.78 is 43.2. The number of piperidine rings is 2. The van der Waals surface area contributed by atoms with Gasteiger partial charge in [0.05, 0.1) is 4.90 Å². The van der Waals surface area contributed by atoms with Crippen LogP contribution in [0, 0.1) is 5.82 Å². The first-order chi connectivity index (χ1) is 16.7. The van der Waals surface area contributed by atoms with E-state index in [1.807, 2.05) is 0 Å². The largest absolute Gasteiger partial charge is 0.322 e. The predicted molar refractivity (Wildman–Crippen MR) is 127 cm³/mol. The Hall–Kier alpha value is -2.63. The first kappa shape index (κ1) is 24.1. The molecule has 1 unspecified atom stereocenters. The number of carbonyl (C=O) groups is 3. The van der Waals surface area contributed by atoms with Crippen molar-refractivity contribution >= 4 is 43.7 Å². The molecule has 3 aliphatic rings. The second-order valence-corrected chi connectivity index (χ2v) is 11.8. The Kier molecular flexibility index (Phi) is 6.27. The molecule has 11 heteroatoms. The fourth-order valence-corrected chi connectivity index (χ4v) is 7.55. The Labute approximate surface area is 210 Å². The molecule has 3 heterocycles. The molecule has 35 heavy (non-hydrogen) atoms. The molecule has 2 fully saturated rings. The topological polar surface area (TPSA) is 104 Å². The van der Waals surface area contributed by atoms with E-state index in [4.69, 9.17) is 0 Å². The maximum atomic E-state index is 15.1. The molecular weight excluding hydrogens is 541 g/mol. The van der Waals surface area contributed by atoms with Gasteiger partial charge in [-0.25, -0.2) is 12.8 Å². The van der Waals surface area contributed by atoms with Crippen LogP contribution in [0.4, 0.5) is 4.39 Å². The zero-order chi connectivity index (χ0) is 24.9. The SMILES string of the molecule is O=C1CCC(N2Cc3cc(C4CCN(S(=O)(=O)c5ccccc5Br)CC4)c(F)cc3C2=O)C(=O)N1. The zero-order valence-corrected chi connectivity index (χ0v) is 21.1. The summed E-state index contributed by atoms with van der Waals surface area (Å²) in [5.41, 5.74) is 1.32. The van der Waals surface area contributed by atoms with E-state index in [-0.39, 0.29) is 54.8 Å². The molecular formula is C24H23BrFN3O5S. The van der Waals surface area contributed by atoms with Gasteiger partial charge in [-0.05, 0) is 70.4 Å². The van der Waals surface area contributed by atoms with E-state index < -0.39 is 33.7 Å². The van der Waals surface area contributed by atoms with Gasteiger partial charge in [-0.15, -0.1) is 0 Å². The van der Waals surface area contributed by atoms with Gasteiger partial charge in [-0.1, -0.05) is 18.2 Å². The Balaban J connectivity index is 1.32. The van der Waals surface area contributed by atoms with Gasteiger partial charge >= 0.3 is 0 Å². The van der Waals surface area contributed by atoms with Gasteiger partial charge in [0.2, 0.25) is 21.8 Å². The number of hydrogen-bond donors (Lipinski definition) is 1.